The van der Waals surface area contributed by atoms with Crippen LogP contribution >= 0.6 is 0 Å². The summed E-state index contributed by atoms with van der Waals surface area (Å²) in [5.41, 5.74) is 1.82. The summed E-state index contributed by atoms with van der Waals surface area (Å²) in [5, 5.41) is 0. The summed E-state index contributed by atoms with van der Waals surface area (Å²) in [7, 11) is 0. The first kappa shape index (κ1) is 16.9. The second kappa shape index (κ2) is 6.17. The van der Waals surface area contributed by atoms with Crippen LogP contribution < -0.4 is 0 Å². The first-order valence-electron chi connectivity index (χ1n) is 8.57. The molecule has 1 atom stereocenters. The van der Waals surface area contributed by atoms with Crippen molar-refractivity contribution in [1.29, 1.82) is 0 Å². The van der Waals surface area contributed by atoms with Crippen LogP contribution in [0.2, 0.25) is 0 Å². The zero-order chi connectivity index (χ0) is 16.7. The smallest absolute Gasteiger partial charge is 0.185 e. The van der Waals surface area contributed by atoms with Gasteiger partial charge in [0.05, 0.1) is 24.4 Å². The largest absolute Gasteiger partial charge is 0.379 e. The highest BCUT2D eigenvalue weighted by Crippen LogP contribution is 2.44. The molecule has 0 radical (unpaired) electrons. The van der Waals surface area contributed by atoms with Gasteiger partial charge in [-0.3, -0.25) is 4.90 Å². The quantitative estimate of drug-likeness (QED) is 0.850. The lowest BCUT2D eigenvalue weighted by Crippen LogP contribution is -2.41. The van der Waals surface area contributed by atoms with Crippen molar-refractivity contribution < 1.29 is 14.2 Å². The Morgan fingerprint density at radius 3 is 2.00 bits per heavy atom. The predicted octanol–water partition coefficient (Wildman–Crippen LogP) is 3.68. The van der Waals surface area contributed by atoms with Crippen LogP contribution in [-0.2, 0) is 14.2 Å². The van der Waals surface area contributed by atoms with E-state index in [4.69, 9.17) is 14.2 Å². The Bertz CT molecular complexity index is 516. The van der Waals surface area contributed by atoms with Gasteiger partial charge < -0.3 is 14.2 Å². The minimum atomic E-state index is -0.294. The van der Waals surface area contributed by atoms with E-state index in [1.807, 2.05) is 0 Å². The molecule has 0 unspecified atom stereocenters. The van der Waals surface area contributed by atoms with E-state index in [1.165, 1.54) is 5.56 Å². The lowest BCUT2D eigenvalue weighted by molar-refractivity contribution is -0.0895. The van der Waals surface area contributed by atoms with Gasteiger partial charge in [0.15, 0.2) is 6.29 Å². The molecule has 1 aromatic carbocycles. The van der Waals surface area contributed by atoms with E-state index < -0.39 is 0 Å². The van der Waals surface area contributed by atoms with Crippen LogP contribution in [0.25, 0.3) is 0 Å². The molecule has 4 nitrogen and oxygen atoms in total. The molecular weight excluding hydrogens is 290 g/mol. The molecule has 2 heterocycles. The third-order valence-corrected chi connectivity index (χ3v) is 5.54. The Kier molecular flexibility index (Phi) is 4.53. The van der Waals surface area contributed by atoms with Gasteiger partial charge in [0.25, 0.3) is 0 Å². The minimum absolute atomic E-state index is 0.284. The minimum Gasteiger partial charge on any atom is -0.379 e. The molecule has 128 valence electrons. The summed E-state index contributed by atoms with van der Waals surface area (Å²) in [6, 6.07) is 9.07. The average Bonchev–Trinajstić information content (AvgIpc) is 2.76. The lowest BCUT2D eigenvalue weighted by atomic mass is 9.90. The van der Waals surface area contributed by atoms with Crippen molar-refractivity contribution >= 4 is 0 Å². The first-order valence-corrected chi connectivity index (χ1v) is 8.57. The van der Waals surface area contributed by atoms with Crippen molar-refractivity contribution in [3.63, 3.8) is 0 Å². The molecule has 4 heteroatoms. The van der Waals surface area contributed by atoms with Crippen LogP contribution in [0.3, 0.4) is 0 Å². The Morgan fingerprint density at radius 2 is 1.48 bits per heavy atom. The van der Waals surface area contributed by atoms with E-state index in [0.29, 0.717) is 6.04 Å². The highest BCUT2D eigenvalue weighted by molar-refractivity contribution is 5.26. The van der Waals surface area contributed by atoms with Gasteiger partial charge in [-0.1, -0.05) is 24.3 Å². The molecule has 0 amide bonds. The molecule has 0 aromatic heterocycles. The van der Waals surface area contributed by atoms with E-state index in [-0.39, 0.29) is 17.5 Å². The summed E-state index contributed by atoms with van der Waals surface area (Å²) in [4.78, 5) is 2.47. The molecule has 2 aliphatic rings. The molecule has 2 saturated heterocycles. The number of benzene rings is 1. The molecular formula is C19H29NO3. The second-order valence-electron chi connectivity index (χ2n) is 7.58. The van der Waals surface area contributed by atoms with E-state index in [2.05, 4.69) is 63.8 Å². The third kappa shape index (κ3) is 3.31. The van der Waals surface area contributed by atoms with Crippen molar-refractivity contribution in [2.24, 2.45) is 0 Å². The van der Waals surface area contributed by atoms with Crippen LogP contribution in [0.4, 0.5) is 0 Å². The molecule has 23 heavy (non-hydrogen) atoms. The van der Waals surface area contributed by atoms with Crippen LogP contribution in [0.5, 0.6) is 0 Å². The monoisotopic (exact) mass is 319 g/mol. The van der Waals surface area contributed by atoms with E-state index in [1.54, 1.807) is 0 Å². The van der Waals surface area contributed by atoms with Crippen molar-refractivity contribution in [2.75, 3.05) is 26.3 Å². The van der Waals surface area contributed by atoms with Crippen LogP contribution in [0.1, 0.15) is 58.1 Å². The maximum absolute atomic E-state index is 6.12. The van der Waals surface area contributed by atoms with E-state index in [0.717, 1.165) is 31.9 Å². The lowest BCUT2D eigenvalue weighted by Gasteiger charge is -2.32. The Balaban J connectivity index is 1.70. The van der Waals surface area contributed by atoms with E-state index >= 15 is 0 Å². The van der Waals surface area contributed by atoms with Crippen molar-refractivity contribution in [3.8, 4) is 0 Å². The van der Waals surface area contributed by atoms with Gasteiger partial charge in [0.1, 0.15) is 0 Å². The standard InChI is InChI=1S/C19H29NO3/c1-14(20-10-12-21-13-11-20)15-6-8-16(9-7-15)17-22-18(2,3)19(4,5)23-17/h6-9,14,17H,10-13H2,1-5H3/t14-/m0/s1. The average molecular weight is 319 g/mol. The molecule has 0 N–H and O–H groups in total. The number of rotatable bonds is 3. The highest BCUT2D eigenvalue weighted by Gasteiger charge is 2.49. The molecule has 3 rings (SSSR count). The zero-order valence-electron chi connectivity index (χ0n) is 15.0. The Hall–Kier alpha value is -0.940. The van der Waals surface area contributed by atoms with Gasteiger partial charge >= 0.3 is 0 Å². The van der Waals surface area contributed by atoms with Crippen molar-refractivity contribution in [1.82, 2.24) is 4.90 Å². The van der Waals surface area contributed by atoms with Gasteiger partial charge in [0, 0.05) is 24.7 Å². The van der Waals surface area contributed by atoms with Crippen LogP contribution in [-0.4, -0.2) is 42.4 Å². The predicted molar refractivity (Wildman–Crippen MR) is 90.3 cm³/mol. The highest BCUT2D eigenvalue weighted by atomic mass is 16.7. The molecule has 0 spiro atoms. The number of hydrogen-bond donors (Lipinski definition) is 0. The molecule has 0 bridgehead atoms. The normalized spacial score (nSPS) is 26.3. The summed E-state index contributed by atoms with van der Waals surface area (Å²) in [6.45, 7) is 14.3. The molecule has 1 aromatic rings. The molecule has 2 fully saturated rings. The summed E-state index contributed by atoms with van der Waals surface area (Å²) >= 11 is 0. The fraction of sp³-hybridized carbons (Fsp3) is 0.684. The van der Waals surface area contributed by atoms with E-state index in [9.17, 15) is 0 Å². The van der Waals surface area contributed by atoms with Crippen molar-refractivity contribution in [3.05, 3.63) is 35.4 Å². The number of nitrogens with zero attached hydrogens (tertiary/aromatic N) is 1. The number of morpholine rings is 1. The van der Waals surface area contributed by atoms with Gasteiger partial charge in [-0.2, -0.15) is 0 Å². The second-order valence-corrected chi connectivity index (χ2v) is 7.58. The summed E-state index contributed by atoms with van der Waals surface area (Å²) < 4.78 is 17.7. The maximum Gasteiger partial charge on any atom is 0.185 e. The van der Waals surface area contributed by atoms with Gasteiger partial charge in [-0.05, 0) is 40.2 Å². The maximum atomic E-state index is 6.12. The summed E-state index contributed by atoms with van der Waals surface area (Å²) in [6.07, 6.45) is -0.284. The Labute approximate surface area is 139 Å². The van der Waals surface area contributed by atoms with Gasteiger partial charge in [-0.25, -0.2) is 0 Å². The fourth-order valence-corrected chi connectivity index (χ4v) is 3.09. The van der Waals surface area contributed by atoms with Gasteiger partial charge in [-0.15, -0.1) is 0 Å². The first-order chi connectivity index (χ1) is 10.8. The number of hydrogen-bond acceptors (Lipinski definition) is 4. The fourth-order valence-electron chi connectivity index (χ4n) is 3.09. The van der Waals surface area contributed by atoms with Crippen molar-refractivity contribution in [2.45, 2.75) is 58.2 Å². The van der Waals surface area contributed by atoms with Crippen LogP contribution in [0, 0.1) is 0 Å². The third-order valence-electron chi connectivity index (χ3n) is 5.54. The van der Waals surface area contributed by atoms with Gasteiger partial charge in [0.2, 0.25) is 0 Å². The topological polar surface area (TPSA) is 30.9 Å². The summed E-state index contributed by atoms with van der Waals surface area (Å²) in [5.74, 6) is 0. The SMILES string of the molecule is C[C@@H](c1ccc(C2OC(C)(C)C(C)(C)O2)cc1)N1CCOCC1. The molecule has 2 aliphatic heterocycles. The molecule has 0 aliphatic carbocycles. The zero-order valence-corrected chi connectivity index (χ0v) is 15.0. The number of ether oxygens (including phenoxy) is 3. The Morgan fingerprint density at radius 1 is 0.957 bits per heavy atom. The van der Waals surface area contributed by atoms with Crippen LogP contribution in [0.15, 0.2) is 24.3 Å². The molecule has 0 saturated carbocycles.